The van der Waals surface area contributed by atoms with Crippen molar-refractivity contribution in [1.82, 2.24) is 0 Å². The molecule has 4 aliphatic rings. The number of piperidine rings is 1. The number of aliphatic imine (C=N–C) groups is 1. The molecule has 0 aromatic rings. The van der Waals surface area contributed by atoms with E-state index in [1.54, 1.807) is 6.08 Å². The molecule has 0 aromatic carbocycles. The van der Waals surface area contributed by atoms with Gasteiger partial charge in [0.2, 0.25) is 0 Å². The van der Waals surface area contributed by atoms with E-state index < -0.39 is 6.10 Å². The molecule has 0 saturated carbocycles. The maximum atomic E-state index is 14.0. The van der Waals surface area contributed by atoms with Gasteiger partial charge >= 0.3 is 5.91 Å². The standard InChI is InChI=1S/C29H43N2O4/c1-6-30-29-21(4)10-11-24(32)28(29)23(16-27(33)31(5)17-19(2)14-20(3)18-31)22-8-7-9-25-26(15-22)35-13-12-34-25/h6,9-11,19-20,22-24,26,28,32H,1,4,7-8,12-18H2,2-3,5H3/q+1. The lowest BCUT2D eigenvalue weighted by atomic mass is 9.68. The average molecular weight is 484 g/mol. The summed E-state index contributed by atoms with van der Waals surface area (Å²) in [6.45, 7) is 15.4. The second-order valence-corrected chi connectivity index (χ2v) is 11.5. The van der Waals surface area contributed by atoms with Gasteiger partial charge in [0.15, 0.2) is 0 Å². The molecule has 4 rings (SSSR count). The zero-order chi connectivity index (χ0) is 25.2. The van der Waals surface area contributed by atoms with Crippen LogP contribution in [-0.4, -0.2) is 66.8 Å². The molecular weight excluding hydrogens is 440 g/mol. The lowest BCUT2D eigenvalue weighted by Gasteiger charge is -2.43. The SMILES string of the molecule is C=CN=C1C(=C)C=CC(O)C1C(CC(=O)[N+]1(C)CC(C)CC(C)C1)C1CCC=C2OCCOC2C1. The zero-order valence-electron chi connectivity index (χ0n) is 21.7. The highest BCUT2D eigenvalue weighted by Gasteiger charge is 2.46. The molecule has 192 valence electrons. The highest BCUT2D eigenvalue weighted by Crippen LogP contribution is 2.42. The predicted molar refractivity (Wildman–Crippen MR) is 139 cm³/mol. The summed E-state index contributed by atoms with van der Waals surface area (Å²) < 4.78 is 12.5. The summed E-state index contributed by atoms with van der Waals surface area (Å²) in [4.78, 5) is 18.6. The Morgan fingerprint density at radius 1 is 1.29 bits per heavy atom. The minimum atomic E-state index is -0.722. The van der Waals surface area contributed by atoms with Crippen LogP contribution in [0.4, 0.5) is 0 Å². The molecule has 35 heavy (non-hydrogen) atoms. The second kappa shape index (κ2) is 10.9. The van der Waals surface area contributed by atoms with Crippen LogP contribution in [0.2, 0.25) is 0 Å². The van der Waals surface area contributed by atoms with Crippen molar-refractivity contribution in [2.45, 2.75) is 58.2 Å². The van der Waals surface area contributed by atoms with Crippen molar-refractivity contribution in [3.63, 3.8) is 0 Å². The third-order valence-electron chi connectivity index (χ3n) is 8.44. The van der Waals surface area contributed by atoms with Gasteiger partial charge in [-0.3, -0.25) is 9.48 Å². The summed E-state index contributed by atoms with van der Waals surface area (Å²) in [6.07, 6.45) is 10.6. The van der Waals surface area contributed by atoms with Crippen LogP contribution in [0.15, 0.2) is 53.9 Å². The van der Waals surface area contributed by atoms with Crippen LogP contribution in [0.25, 0.3) is 0 Å². The molecule has 2 aliphatic carbocycles. The van der Waals surface area contributed by atoms with Crippen molar-refractivity contribution in [1.29, 1.82) is 0 Å². The Morgan fingerprint density at radius 3 is 2.74 bits per heavy atom. The van der Waals surface area contributed by atoms with Crippen LogP contribution >= 0.6 is 0 Å². The van der Waals surface area contributed by atoms with Crippen LogP contribution in [-0.2, 0) is 14.3 Å². The zero-order valence-corrected chi connectivity index (χ0v) is 21.7. The molecule has 0 aromatic heterocycles. The second-order valence-electron chi connectivity index (χ2n) is 11.5. The fraction of sp³-hybridized carbons (Fsp3) is 0.655. The first-order valence-corrected chi connectivity index (χ1v) is 13.3. The van der Waals surface area contributed by atoms with Gasteiger partial charge in [-0.2, -0.15) is 0 Å². The summed E-state index contributed by atoms with van der Waals surface area (Å²) in [5, 5.41) is 11.2. The van der Waals surface area contributed by atoms with Gasteiger partial charge in [-0.15, -0.1) is 0 Å². The Kier molecular flexibility index (Phi) is 8.14. The maximum Gasteiger partial charge on any atom is 0.313 e. The molecule has 7 unspecified atom stereocenters. The quantitative estimate of drug-likeness (QED) is 0.588. The molecule has 6 heteroatoms. The first-order valence-electron chi connectivity index (χ1n) is 13.3. The lowest BCUT2D eigenvalue weighted by molar-refractivity contribution is -0.848. The van der Waals surface area contributed by atoms with E-state index in [1.807, 2.05) is 6.08 Å². The third kappa shape index (κ3) is 5.71. The van der Waals surface area contributed by atoms with E-state index in [-0.39, 0.29) is 29.8 Å². The number of nitrogens with zero attached hydrogens (tertiary/aromatic N) is 2. The number of fused-ring (bicyclic) bond motifs is 1. The van der Waals surface area contributed by atoms with Crippen molar-refractivity contribution in [2.75, 3.05) is 33.4 Å². The molecule has 1 N–H and O–H groups in total. The summed E-state index contributed by atoms with van der Waals surface area (Å²) >= 11 is 0. The first kappa shape index (κ1) is 26.1. The molecule has 0 spiro atoms. The van der Waals surface area contributed by atoms with Crippen LogP contribution in [0, 0.1) is 29.6 Å². The van der Waals surface area contributed by atoms with Gasteiger partial charge in [0.25, 0.3) is 0 Å². The number of amides is 1. The van der Waals surface area contributed by atoms with Gasteiger partial charge < -0.3 is 14.6 Å². The summed E-state index contributed by atoms with van der Waals surface area (Å²) in [6, 6.07) is 0. The van der Waals surface area contributed by atoms with E-state index in [1.165, 1.54) is 12.6 Å². The van der Waals surface area contributed by atoms with Crippen molar-refractivity contribution in [3.05, 3.63) is 48.9 Å². The highest BCUT2D eigenvalue weighted by molar-refractivity contribution is 6.05. The Morgan fingerprint density at radius 2 is 2.03 bits per heavy atom. The van der Waals surface area contributed by atoms with Gasteiger partial charge in [0.05, 0.1) is 45.0 Å². The molecule has 2 heterocycles. The first-order chi connectivity index (χ1) is 16.7. The Bertz CT molecular complexity index is 910. The molecule has 2 saturated heterocycles. The number of aliphatic hydroxyl groups is 1. The van der Waals surface area contributed by atoms with Crippen molar-refractivity contribution in [3.8, 4) is 0 Å². The molecule has 1 amide bonds. The Balaban J connectivity index is 1.67. The third-order valence-corrected chi connectivity index (χ3v) is 8.44. The summed E-state index contributed by atoms with van der Waals surface area (Å²) in [7, 11) is 2.10. The number of aliphatic hydroxyl groups excluding tert-OH is 1. The number of carbonyl (C=O) groups excluding carboxylic acids is 1. The molecule has 0 bridgehead atoms. The molecule has 6 nitrogen and oxygen atoms in total. The van der Waals surface area contributed by atoms with E-state index in [4.69, 9.17) is 9.47 Å². The molecule has 2 aliphatic heterocycles. The van der Waals surface area contributed by atoms with E-state index in [9.17, 15) is 9.90 Å². The van der Waals surface area contributed by atoms with Crippen LogP contribution in [0.5, 0.6) is 0 Å². The van der Waals surface area contributed by atoms with E-state index in [0.717, 1.165) is 49.4 Å². The minimum absolute atomic E-state index is 0.0846. The fourth-order valence-corrected chi connectivity index (χ4v) is 7.14. The van der Waals surface area contributed by atoms with Gasteiger partial charge in [-0.25, -0.2) is 4.79 Å². The topological polar surface area (TPSA) is 68.1 Å². The number of quaternary nitrogens is 1. The van der Waals surface area contributed by atoms with Crippen LogP contribution < -0.4 is 0 Å². The normalized spacial score (nSPS) is 39.7. The van der Waals surface area contributed by atoms with Gasteiger partial charge in [0.1, 0.15) is 18.5 Å². The number of hydrogen-bond acceptors (Lipinski definition) is 5. The van der Waals surface area contributed by atoms with E-state index >= 15 is 0 Å². The van der Waals surface area contributed by atoms with Crippen LogP contribution in [0.1, 0.15) is 46.0 Å². The number of rotatable bonds is 5. The number of hydrogen-bond donors (Lipinski definition) is 1. The molecule has 2 fully saturated rings. The van der Waals surface area contributed by atoms with Crippen molar-refractivity contribution in [2.24, 2.45) is 34.6 Å². The van der Waals surface area contributed by atoms with E-state index in [0.29, 0.717) is 36.0 Å². The average Bonchev–Trinajstić information content (AvgIpc) is 3.02. The maximum absolute atomic E-state index is 14.0. The summed E-state index contributed by atoms with van der Waals surface area (Å²) in [5.74, 6) is 2.01. The van der Waals surface area contributed by atoms with Crippen molar-refractivity contribution >= 4 is 11.6 Å². The van der Waals surface area contributed by atoms with Gasteiger partial charge in [0, 0.05) is 24.0 Å². The van der Waals surface area contributed by atoms with Crippen molar-refractivity contribution < 1.29 is 23.9 Å². The molecular formula is C29H43N2O4+. The smallest absolute Gasteiger partial charge is 0.313 e. The number of carbonyl (C=O) groups is 1. The fourth-order valence-electron chi connectivity index (χ4n) is 7.14. The number of allylic oxidation sites excluding steroid dienone is 3. The van der Waals surface area contributed by atoms with E-state index in [2.05, 4.69) is 45.1 Å². The Labute approximate surface area is 210 Å². The monoisotopic (exact) mass is 483 g/mol. The highest BCUT2D eigenvalue weighted by atomic mass is 16.6. The largest absolute Gasteiger partial charge is 0.493 e. The Hall–Kier alpha value is -2.02. The predicted octanol–water partition coefficient (Wildman–Crippen LogP) is 4.43. The van der Waals surface area contributed by atoms with Crippen LogP contribution in [0.3, 0.4) is 0 Å². The number of ether oxygens (including phenoxy) is 2. The molecule has 0 radical (unpaired) electrons. The summed E-state index contributed by atoms with van der Waals surface area (Å²) in [5.41, 5.74) is 1.53. The van der Waals surface area contributed by atoms with Gasteiger partial charge in [-0.1, -0.05) is 39.2 Å². The number of likely N-dealkylation sites (tertiary alicyclic amines) is 1. The minimum Gasteiger partial charge on any atom is -0.493 e. The van der Waals surface area contributed by atoms with Gasteiger partial charge in [-0.05, 0) is 49.2 Å². The lowest BCUT2D eigenvalue weighted by Crippen LogP contribution is -2.58. The molecule has 7 atom stereocenters.